The normalized spacial score (nSPS) is 11.3. The third kappa shape index (κ3) is 3.10. The molecule has 0 spiro atoms. The number of para-hydroxylation sites is 1. The van der Waals surface area contributed by atoms with Crippen LogP contribution in [0.2, 0.25) is 0 Å². The summed E-state index contributed by atoms with van der Waals surface area (Å²) in [5.41, 5.74) is 3.89. The van der Waals surface area contributed by atoms with Crippen molar-refractivity contribution < 1.29 is 0 Å². The van der Waals surface area contributed by atoms with Crippen molar-refractivity contribution in [3.05, 3.63) is 59.9 Å². The quantitative estimate of drug-likeness (QED) is 0.877. The number of benzene rings is 1. The van der Waals surface area contributed by atoms with Gasteiger partial charge in [-0.3, -0.25) is 4.98 Å². The minimum absolute atomic E-state index is 0.151. The van der Waals surface area contributed by atoms with E-state index in [4.69, 9.17) is 0 Å². The molecule has 0 aliphatic carbocycles. The maximum atomic E-state index is 4.13. The Labute approximate surface area is 109 Å². The Morgan fingerprint density at radius 2 is 1.83 bits per heavy atom. The maximum absolute atomic E-state index is 4.13. The molecule has 0 atom stereocenters. The maximum Gasteiger partial charge on any atom is 0.0416 e. The summed E-state index contributed by atoms with van der Waals surface area (Å²) in [5, 5.41) is 3.50. The van der Waals surface area contributed by atoms with Crippen molar-refractivity contribution >= 4 is 5.69 Å². The van der Waals surface area contributed by atoms with Gasteiger partial charge in [0, 0.05) is 24.6 Å². The number of hydrogen-bond acceptors (Lipinski definition) is 2. The summed E-state index contributed by atoms with van der Waals surface area (Å²) in [6.45, 7) is 7.51. The second-order valence-corrected chi connectivity index (χ2v) is 5.51. The van der Waals surface area contributed by atoms with Gasteiger partial charge in [0.1, 0.15) is 0 Å². The molecule has 0 radical (unpaired) electrons. The molecule has 1 aromatic carbocycles. The molecule has 2 nitrogen and oxygen atoms in total. The Hall–Kier alpha value is -1.83. The predicted molar refractivity (Wildman–Crippen MR) is 76.7 cm³/mol. The number of pyridine rings is 1. The summed E-state index contributed by atoms with van der Waals surface area (Å²) in [4.78, 5) is 4.13. The molecular weight excluding hydrogens is 220 g/mol. The summed E-state index contributed by atoms with van der Waals surface area (Å²) in [6.07, 6.45) is 3.69. The first-order valence-corrected chi connectivity index (χ1v) is 6.29. The minimum Gasteiger partial charge on any atom is -0.381 e. The number of anilines is 1. The molecule has 0 amide bonds. The predicted octanol–water partition coefficient (Wildman–Crippen LogP) is 3.99. The van der Waals surface area contributed by atoms with Gasteiger partial charge in [0.2, 0.25) is 0 Å². The summed E-state index contributed by atoms with van der Waals surface area (Å²) >= 11 is 0. The van der Waals surface area contributed by atoms with Gasteiger partial charge in [0.25, 0.3) is 0 Å². The molecule has 18 heavy (non-hydrogen) atoms. The first-order valence-electron chi connectivity index (χ1n) is 6.29. The third-order valence-electron chi connectivity index (χ3n) is 2.94. The molecule has 1 N–H and O–H groups in total. The van der Waals surface area contributed by atoms with Crippen LogP contribution in [0.3, 0.4) is 0 Å². The van der Waals surface area contributed by atoms with Crippen LogP contribution in [0.5, 0.6) is 0 Å². The summed E-state index contributed by atoms with van der Waals surface area (Å²) < 4.78 is 0. The van der Waals surface area contributed by atoms with E-state index in [1.54, 1.807) is 6.20 Å². The van der Waals surface area contributed by atoms with E-state index in [2.05, 4.69) is 61.4 Å². The molecule has 2 rings (SSSR count). The SMILES string of the molecule is CC(C)(C)c1ccccc1NCc1cccnc1. The highest BCUT2D eigenvalue weighted by Crippen LogP contribution is 2.29. The fourth-order valence-corrected chi connectivity index (χ4v) is 1.99. The summed E-state index contributed by atoms with van der Waals surface area (Å²) in [7, 11) is 0. The fraction of sp³-hybridized carbons (Fsp3) is 0.312. The second-order valence-electron chi connectivity index (χ2n) is 5.51. The van der Waals surface area contributed by atoms with Crippen LogP contribution in [-0.2, 0) is 12.0 Å². The van der Waals surface area contributed by atoms with Crippen molar-refractivity contribution in [3.8, 4) is 0 Å². The average Bonchev–Trinajstić information content (AvgIpc) is 2.37. The summed E-state index contributed by atoms with van der Waals surface area (Å²) in [5.74, 6) is 0. The van der Waals surface area contributed by atoms with Gasteiger partial charge in [-0.2, -0.15) is 0 Å². The van der Waals surface area contributed by atoms with Gasteiger partial charge in [-0.15, -0.1) is 0 Å². The zero-order valence-electron chi connectivity index (χ0n) is 11.3. The number of hydrogen-bond donors (Lipinski definition) is 1. The average molecular weight is 240 g/mol. The van der Waals surface area contributed by atoms with Gasteiger partial charge in [0.15, 0.2) is 0 Å². The standard InChI is InChI=1S/C16H20N2/c1-16(2,3)14-8-4-5-9-15(14)18-12-13-7-6-10-17-11-13/h4-11,18H,12H2,1-3H3. The van der Waals surface area contributed by atoms with E-state index >= 15 is 0 Å². The van der Waals surface area contributed by atoms with Gasteiger partial charge in [-0.25, -0.2) is 0 Å². The molecule has 1 aromatic heterocycles. The molecule has 1 heterocycles. The van der Waals surface area contributed by atoms with Crippen LogP contribution in [-0.4, -0.2) is 4.98 Å². The second kappa shape index (κ2) is 5.21. The van der Waals surface area contributed by atoms with Crippen molar-refractivity contribution in [2.45, 2.75) is 32.7 Å². The van der Waals surface area contributed by atoms with E-state index < -0.39 is 0 Å². The lowest BCUT2D eigenvalue weighted by molar-refractivity contribution is 0.591. The van der Waals surface area contributed by atoms with E-state index in [1.807, 2.05) is 12.3 Å². The van der Waals surface area contributed by atoms with Crippen molar-refractivity contribution in [3.63, 3.8) is 0 Å². The lowest BCUT2D eigenvalue weighted by atomic mass is 9.86. The molecular formula is C16H20N2. The Morgan fingerprint density at radius 3 is 2.50 bits per heavy atom. The van der Waals surface area contributed by atoms with Crippen LogP contribution in [0.25, 0.3) is 0 Å². The van der Waals surface area contributed by atoms with Crippen LogP contribution in [0.4, 0.5) is 5.69 Å². The molecule has 0 unspecified atom stereocenters. The van der Waals surface area contributed by atoms with Crippen LogP contribution in [0.1, 0.15) is 31.9 Å². The zero-order valence-corrected chi connectivity index (χ0v) is 11.3. The minimum atomic E-state index is 0.151. The van der Waals surface area contributed by atoms with Crippen LogP contribution < -0.4 is 5.32 Å². The van der Waals surface area contributed by atoms with Crippen LogP contribution >= 0.6 is 0 Å². The Kier molecular flexibility index (Phi) is 3.66. The van der Waals surface area contributed by atoms with E-state index in [-0.39, 0.29) is 5.41 Å². The highest BCUT2D eigenvalue weighted by atomic mass is 14.9. The molecule has 0 aliphatic heterocycles. The Bertz CT molecular complexity index is 498. The third-order valence-corrected chi connectivity index (χ3v) is 2.94. The fourth-order valence-electron chi connectivity index (χ4n) is 1.99. The molecule has 0 saturated carbocycles. The topological polar surface area (TPSA) is 24.9 Å². The molecule has 0 aliphatic rings. The van der Waals surface area contributed by atoms with Crippen molar-refractivity contribution in [2.75, 3.05) is 5.32 Å². The molecule has 0 bridgehead atoms. The monoisotopic (exact) mass is 240 g/mol. The van der Waals surface area contributed by atoms with Crippen LogP contribution in [0.15, 0.2) is 48.8 Å². The zero-order chi connectivity index (χ0) is 13.0. The number of rotatable bonds is 3. The largest absolute Gasteiger partial charge is 0.381 e. The molecule has 0 saturated heterocycles. The van der Waals surface area contributed by atoms with Gasteiger partial charge < -0.3 is 5.32 Å². The number of aromatic nitrogens is 1. The first-order chi connectivity index (χ1) is 8.57. The van der Waals surface area contributed by atoms with Crippen molar-refractivity contribution in [1.82, 2.24) is 4.98 Å². The molecule has 0 fully saturated rings. The van der Waals surface area contributed by atoms with Crippen molar-refractivity contribution in [2.24, 2.45) is 0 Å². The van der Waals surface area contributed by atoms with Gasteiger partial charge in [-0.05, 0) is 28.7 Å². The number of nitrogens with one attached hydrogen (secondary N) is 1. The lowest BCUT2D eigenvalue weighted by Gasteiger charge is -2.23. The first kappa shape index (κ1) is 12.6. The Balaban J connectivity index is 2.15. The van der Waals surface area contributed by atoms with Crippen LogP contribution in [0, 0.1) is 0 Å². The van der Waals surface area contributed by atoms with Gasteiger partial charge >= 0.3 is 0 Å². The van der Waals surface area contributed by atoms with E-state index in [9.17, 15) is 0 Å². The molecule has 94 valence electrons. The Morgan fingerprint density at radius 1 is 1.06 bits per heavy atom. The van der Waals surface area contributed by atoms with E-state index in [1.165, 1.54) is 16.8 Å². The smallest absolute Gasteiger partial charge is 0.0416 e. The van der Waals surface area contributed by atoms with E-state index in [0.717, 1.165) is 6.54 Å². The van der Waals surface area contributed by atoms with Gasteiger partial charge in [-0.1, -0.05) is 45.0 Å². The summed E-state index contributed by atoms with van der Waals surface area (Å²) in [6, 6.07) is 12.5. The molecule has 2 aromatic rings. The van der Waals surface area contributed by atoms with Crippen molar-refractivity contribution in [1.29, 1.82) is 0 Å². The number of nitrogens with zero attached hydrogens (tertiary/aromatic N) is 1. The highest BCUT2D eigenvalue weighted by Gasteiger charge is 2.16. The lowest BCUT2D eigenvalue weighted by Crippen LogP contribution is -2.14. The molecule has 2 heteroatoms. The highest BCUT2D eigenvalue weighted by molar-refractivity contribution is 5.54. The van der Waals surface area contributed by atoms with Gasteiger partial charge in [0.05, 0.1) is 0 Å². The van der Waals surface area contributed by atoms with E-state index in [0.29, 0.717) is 0 Å².